The number of rotatable bonds is 7. The Morgan fingerprint density at radius 3 is 2.39 bits per heavy atom. The number of ether oxygens (including phenoxy) is 1. The van der Waals surface area contributed by atoms with Crippen LogP contribution in [0.5, 0.6) is 0 Å². The first-order chi connectivity index (χ1) is 14.8. The molecule has 3 saturated heterocycles. The molecule has 10 nitrogen and oxygen atoms in total. The lowest BCUT2D eigenvalue weighted by atomic mass is 10.0. The van der Waals surface area contributed by atoms with Crippen molar-refractivity contribution in [3.8, 4) is 0 Å². The van der Waals surface area contributed by atoms with Crippen LogP contribution in [0.1, 0.15) is 58.8 Å². The highest BCUT2D eigenvalue weighted by Crippen LogP contribution is 2.20. The molecule has 0 spiro atoms. The van der Waals surface area contributed by atoms with Crippen LogP contribution in [0.2, 0.25) is 0 Å². The molecule has 4 amide bonds. The van der Waals surface area contributed by atoms with E-state index in [1.807, 2.05) is 0 Å². The van der Waals surface area contributed by atoms with Crippen LogP contribution in [0, 0.1) is 0 Å². The Morgan fingerprint density at radius 2 is 1.68 bits per heavy atom. The smallest absolute Gasteiger partial charge is 0.245 e. The summed E-state index contributed by atoms with van der Waals surface area (Å²) in [5.74, 6) is -1.42. The van der Waals surface area contributed by atoms with Gasteiger partial charge in [-0.15, -0.1) is 0 Å². The van der Waals surface area contributed by atoms with E-state index >= 15 is 0 Å². The van der Waals surface area contributed by atoms with E-state index in [2.05, 4.69) is 16.0 Å². The highest BCUT2D eigenvalue weighted by Gasteiger charge is 2.39. The van der Waals surface area contributed by atoms with Gasteiger partial charge < -0.3 is 25.6 Å². The molecule has 1 unspecified atom stereocenters. The maximum Gasteiger partial charge on any atom is 0.245 e. The maximum atomic E-state index is 12.9. The van der Waals surface area contributed by atoms with Crippen LogP contribution in [0.15, 0.2) is 0 Å². The first-order valence-electron chi connectivity index (χ1n) is 11.1. The van der Waals surface area contributed by atoms with Crippen molar-refractivity contribution in [2.24, 2.45) is 0 Å². The topological polar surface area (TPSA) is 137 Å². The largest absolute Gasteiger partial charge is 0.365 e. The van der Waals surface area contributed by atoms with Crippen molar-refractivity contribution >= 4 is 29.4 Å². The van der Waals surface area contributed by atoms with Gasteiger partial charge in [-0.05, 0) is 39.5 Å². The molecular formula is C21H32N4O6. The second-order valence-corrected chi connectivity index (χ2v) is 8.60. The normalized spacial score (nSPS) is 31.7. The number of carbonyl (C=O) groups excluding carboxylic acids is 5. The van der Waals surface area contributed by atoms with Crippen molar-refractivity contribution in [3.05, 3.63) is 0 Å². The van der Waals surface area contributed by atoms with E-state index in [4.69, 9.17) is 4.74 Å². The van der Waals surface area contributed by atoms with Gasteiger partial charge in [0, 0.05) is 13.0 Å². The fourth-order valence-electron chi connectivity index (χ4n) is 4.09. The average molecular weight is 437 g/mol. The number of carbonyl (C=O) groups is 5. The molecule has 0 bridgehead atoms. The van der Waals surface area contributed by atoms with Gasteiger partial charge in [0.15, 0.2) is 5.78 Å². The molecular weight excluding hydrogens is 404 g/mol. The third kappa shape index (κ3) is 6.03. The van der Waals surface area contributed by atoms with Gasteiger partial charge in [0.05, 0.1) is 6.61 Å². The summed E-state index contributed by atoms with van der Waals surface area (Å²) in [4.78, 5) is 64.0. The van der Waals surface area contributed by atoms with Gasteiger partial charge in [0.1, 0.15) is 30.3 Å². The van der Waals surface area contributed by atoms with Crippen LogP contribution in [-0.2, 0) is 28.7 Å². The van der Waals surface area contributed by atoms with E-state index < -0.39 is 36.0 Å². The summed E-state index contributed by atoms with van der Waals surface area (Å²) < 4.78 is 4.97. The molecule has 172 valence electrons. The Kier molecular flexibility index (Phi) is 7.64. The zero-order valence-electron chi connectivity index (χ0n) is 18.1. The molecule has 3 aliphatic rings. The minimum atomic E-state index is -0.841. The molecule has 0 aliphatic carbocycles. The lowest BCUT2D eigenvalue weighted by Crippen LogP contribution is -2.60. The third-order valence-electron chi connectivity index (χ3n) is 6.06. The van der Waals surface area contributed by atoms with Crippen LogP contribution in [0.25, 0.3) is 0 Å². The number of fused-ring (bicyclic) bond motifs is 1. The lowest BCUT2D eigenvalue weighted by Gasteiger charge is -2.30. The van der Waals surface area contributed by atoms with E-state index in [9.17, 15) is 24.0 Å². The quantitative estimate of drug-likeness (QED) is 0.360. The number of amides is 4. The summed E-state index contributed by atoms with van der Waals surface area (Å²) >= 11 is 0. The number of nitrogens with one attached hydrogen (secondary N) is 3. The monoisotopic (exact) mass is 436 g/mol. The van der Waals surface area contributed by atoms with Crippen LogP contribution in [0.4, 0.5) is 0 Å². The van der Waals surface area contributed by atoms with Gasteiger partial charge in [-0.3, -0.25) is 24.0 Å². The zero-order chi connectivity index (χ0) is 22.5. The van der Waals surface area contributed by atoms with E-state index in [1.54, 1.807) is 13.8 Å². The van der Waals surface area contributed by atoms with Crippen molar-refractivity contribution < 1.29 is 28.7 Å². The third-order valence-corrected chi connectivity index (χ3v) is 6.06. The Bertz CT molecular complexity index is 737. The van der Waals surface area contributed by atoms with Crippen molar-refractivity contribution in [3.63, 3.8) is 0 Å². The van der Waals surface area contributed by atoms with Crippen LogP contribution < -0.4 is 16.0 Å². The molecule has 3 heterocycles. The van der Waals surface area contributed by atoms with Crippen molar-refractivity contribution in [2.45, 2.75) is 89.1 Å². The zero-order valence-corrected chi connectivity index (χ0v) is 18.1. The minimum absolute atomic E-state index is 0.108. The molecule has 3 rings (SSSR count). The van der Waals surface area contributed by atoms with Crippen molar-refractivity contribution in [2.75, 3.05) is 13.2 Å². The molecule has 3 aliphatic heterocycles. The second kappa shape index (κ2) is 10.2. The number of hydrogen-bond donors (Lipinski definition) is 3. The first kappa shape index (κ1) is 23.2. The van der Waals surface area contributed by atoms with Crippen molar-refractivity contribution in [1.29, 1.82) is 0 Å². The summed E-state index contributed by atoms with van der Waals surface area (Å²) in [5.41, 5.74) is 0. The molecule has 3 N–H and O–H groups in total. The number of epoxide rings is 1. The molecule has 0 radical (unpaired) electrons. The molecule has 0 aromatic rings. The SMILES string of the molecule is C[C@@H]1NC(=O)[C@H](CCCCCC(=O)C2CO2)NC(=O)[C@H]2CCCN2C(=O)[C@H](C)NC1=O. The standard InChI is InChI=1S/C21H32N4O6/c1-12-18(27)23-13(2)21(30)25-10-6-8-15(25)20(29)24-14(19(28)22-12)7-4-3-5-9-16(26)17-11-31-17/h12-15,17H,3-11H2,1-2H3,(H,22,28)(H,23,27)(H,24,29)/t12-,13-,14-,15+,17?/m0/s1. The van der Waals surface area contributed by atoms with E-state index in [-0.39, 0.29) is 23.7 Å². The molecule has 0 saturated carbocycles. The Hall–Kier alpha value is -2.49. The Labute approximate surface area is 181 Å². The fourth-order valence-corrected chi connectivity index (χ4v) is 4.09. The summed E-state index contributed by atoms with van der Waals surface area (Å²) in [7, 11) is 0. The number of nitrogens with zero attached hydrogens (tertiary/aromatic N) is 1. The number of hydrogen-bond acceptors (Lipinski definition) is 6. The summed E-state index contributed by atoms with van der Waals surface area (Å²) in [6.07, 6.45) is 3.89. The predicted molar refractivity (Wildman–Crippen MR) is 110 cm³/mol. The lowest BCUT2D eigenvalue weighted by molar-refractivity contribution is -0.143. The number of Topliss-reactive ketones (excluding diaryl/α,β-unsaturated/α-hetero) is 1. The van der Waals surface area contributed by atoms with Gasteiger partial charge in [0.25, 0.3) is 0 Å². The summed E-state index contributed by atoms with van der Waals surface area (Å²) in [6.45, 7) is 4.08. The highest BCUT2D eigenvalue weighted by molar-refractivity contribution is 5.97. The van der Waals surface area contributed by atoms with Gasteiger partial charge in [-0.2, -0.15) is 0 Å². The number of ketones is 1. The molecule has 0 aromatic heterocycles. The highest BCUT2D eigenvalue weighted by atomic mass is 16.6. The second-order valence-electron chi connectivity index (χ2n) is 8.60. The summed E-state index contributed by atoms with van der Waals surface area (Å²) in [5, 5.41) is 8.05. The van der Waals surface area contributed by atoms with Crippen LogP contribution >= 0.6 is 0 Å². The van der Waals surface area contributed by atoms with E-state index in [1.165, 1.54) is 4.90 Å². The van der Waals surface area contributed by atoms with E-state index in [0.29, 0.717) is 51.7 Å². The first-order valence-corrected chi connectivity index (χ1v) is 11.1. The maximum absolute atomic E-state index is 12.9. The Morgan fingerprint density at radius 1 is 0.968 bits per heavy atom. The van der Waals surface area contributed by atoms with Gasteiger partial charge in [0.2, 0.25) is 23.6 Å². The molecule has 0 aromatic carbocycles. The summed E-state index contributed by atoms with van der Waals surface area (Å²) in [6, 6.07) is -3.07. The predicted octanol–water partition coefficient (Wildman–Crippen LogP) is -0.596. The Balaban J connectivity index is 1.62. The number of unbranched alkanes of at least 4 members (excludes halogenated alkanes) is 2. The van der Waals surface area contributed by atoms with Gasteiger partial charge in [-0.25, -0.2) is 0 Å². The van der Waals surface area contributed by atoms with Crippen LogP contribution in [-0.4, -0.2) is 77.7 Å². The van der Waals surface area contributed by atoms with Crippen molar-refractivity contribution in [1.82, 2.24) is 20.9 Å². The minimum Gasteiger partial charge on any atom is -0.365 e. The van der Waals surface area contributed by atoms with Gasteiger partial charge >= 0.3 is 0 Å². The molecule has 31 heavy (non-hydrogen) atoms. The average Bonchev–Trinajstić information content (AvgIpc) is 3.47. The van der Waals surface area contributed by atoms with Gasteiger partial charge in [-0.1, -0.05) is 12.8 Å². The molecule has 10 heteroatoms. The van der Waals surface area contributed by atoms with Crippen LogP contribution in [0.3, 0.4) is 0 Å². The van der Waals surface area contributed by atoms with E-state index in [0.717, 1.165) is 6.42 Å². The molecule has 5 atom stereocenters. The molecule has 3 fully saturated rings. The fraction of sp³-hybridized carbons (Fsp3) is 0.762.